The van der Waals surface area contributed by atoms with Crippen LogP contribution in [0.25, 0.3) is 0 Å². The second-order valence-electron chi connectivity index (χ2n) is 4.79. The van der Waals surface area contributed by atoms with Crippen LogP contribution in [0.1, 0.15) is 45.1 Å². The summed E-state index contributed by atoms with van der Waals surface area (Å²) in [6.45, 7) is 6.17. The van der Waals surface area contributed by atoms with Crippen LogP contribution in [0.3, 0.4) is 0 Å². The Labute approximate surface area is 116 Å². The summed E-state index contributed by atoms with van der Waals surface area (Å²) in [4.78, 5) is 0. The van der Waals surface area contributed by atoms with Crippen LogP contribution in [0.15, 0.2) is 24.3 Å². The van der Waals surface area contributed by atoms with Crippen LogP contribution in [-0.2, 0) is 0 Å². The quantitative estimate of drug-likeness (QED) is 0.691. The smallest absolute Gasteiger partial charge is 0.119 e. The van der Waals surface area contributed by atoms with Gasteiger partial charge in [-0.05, 0) is 50.6 Å². The van der Waals surface area contributed by atoms with Crippen molar-refractivity contribution in [3.05, 3.63) is 29.8 Å². The van der Waals surface area contributed by atoms with Gasteiger partial charge in [0, 0.05) is 6.04 Å². The molecule has 0 aliphatic carbocycles. The number of nitriles is 1. The first-order valence-corrected chi connectivity index (χ1v) is 7.12. The number of benzene rings is 1. The highest BCUT2D eigenvalue weighted by atomic mass is 16.5. The van der Waals surface area contributed by atoms with E-state index in [9.17, 15) is 0 Å². The van der Waals surface area contributed by atoms with Gasteiger partial charge in [0.2, 0.25) is 0 Å². The topological polar surface area (TPSA) is 45.0 Å². The highest BCUT2D eigenvalue weighted by Crippen LogP contribution is 2.12. The average molecular weight is 260 g/mol. The molecule has 1 rings (SSSR count). The normalized spacial score (nSPS) is 11.8. The lowest BCUT2D eigenvalue weighted by Crippen LogP contribution is -2.25. The van der Waals surface area contributed by atoms with Gasteiger partial charge >= 0.3 is 0 Å². The molecule has 0 saturated heterocycles. The Hall–Kier alpha value is -1.53. The van der Waals surface area contributed by atoms with E-state index in [4.69, 9.17) is 10.00 Å². The largest absolute Gasteiger partial charge is 0.494 e. The minimum Gasteiger partial charge on any atom is -0.494 e. The third kappa shape index (κ3) is 6.83. The van der Waals surface area contributed by atoms with E-state index in [1.807, 2.05) is 12.1 Å². The Kier molecular flexibility index (Phi) is 7.69. The van der Waals surface area contributed by atoms with Gasteiger partial charge in [-0.1, -0.05) is 19.8 Å². The molecule has 0 radical (unpaired) electrons. The average Bonchev–Trinajstić information content (AvgIpc) is 2.43. The summed E-state index contributed by atoms with van der Waals surface area (Å²) in [5.74, 6) is 0.847. The first-order chi connectivity index (χ1) is 9.26. The predicted octanol–water partition coefficient (Wildman–Crippen LogP) is 3.50. The lowest BCUT2D eigenvalue weighted by molar-refractivity contribution is 0.303. The van der Waals surface area contributed by atoms with Gasteiger partial charge in [-0.15, -0.1) is 0 Å². The van der Waals surface area contributed by atoms with Gasteiger partial charge in [-0.2, -0.15) is 5.26 Å². The Morgan fingerprint density at radius 2 is 1.95 bits per heavy atom. The summed E-state index contributed by atoms with van der Waals surface area (Å²) in [5.41, 5.74) is 0.671. The Balaban J connectivity index is 2.06. The summed E-state index contributed by atoms with van der Waals surface area (Å²) < 4.78 is 5.64. The highest BCUT2D eigenvalue weighted by molar-refractivity contribution is 5.34. The van der Waals surface area contributed by atoms with Gasteiger partial charge in [0.1, 0.15) is 5.75 Å². The van der Waals surface area contributed by atoms with Crippen LogP contribution in [0.2, 0.25) is 0 Å². The van der Waals surface area contributed by atoms with Gasteiger partial charge in [-0.25, -0.2) is 0 Å². The third-order valence-electron chi connectivity index (χ3n) is 3.09. The molecule has 1 atom stereocenters. The molecule has 3 heteroatoms. The van der Waals surface area contributed by atoms with Crippen molar-refractivity contribution < 1.29 is 4.74 Å². The van der Waals surface area contributed by atoms with E-state index in [0.717, 1.165) is 25.3 Å². The summed E-state index contributed by atoms with van der Waals surface area (Å²) in [6, 6.07) is 9.99. The highest BCUT2D eigenvalue weighted by Gasteiger charge is 1.99. The fourth-order valence-corrected chi connectivity index (χ4v) is 2.00. The van der Waals surface area contributed by atoms with Gasteiger partial charge in [0.15, 0.2) is 0 Å². The fraction of sp³-hybridized carbons (Fsp3) is 0.562. The first-order valence-electron chi connectivity index (χ1n) is 7.12. The molecular formula is C16H24N2O. The van der Waals surface area contributed by atoms with Gasteiger partial charge < -0.3 is 10.1 Å². The third-order valence-corrected chi connectivity index (χ3v) is 3.09. The Morgan fingerprint density at radius 3 is 2.58 bits per heavy atom. The molecule has 19 heavy (non-hydrogen) atoms. The molecule has 0 bridgehead atoms. The number of hydrogen-bond acceptors (Lipinski definition) is 3. The molecule has 1 N–H and O–H groups in total. The Morgan fingerprint density at radius 1 is 1.21 bits per heavy atom. The van der Waals surface area contributed by atoms with E-state index in [0.29, 0.717) is 11.6 Å². The molecule has 0 saturated carbocycles. The standard InChI is InChI=1S/C16H24N2O/c1-3-18-14(2)7-5-4-6-12-19-16-10-8-15(13-17)9-11-16/h8-11,14,18H,3-7,12H2,1-2H3. The van der Waals surface area contributed by atoms with Crippen LogP contribution in [0.4, 0.5) is 0 Å². The fourth-order valence-electron chi connectivity index (χ4n) is 2.00. The van der Waals surface area contributed by atoms with Crippen molar-refractivity contribution in [2.24, 2.45) is 0 Å². The first kappa shape index (κ1) is 15.5. The molecule has 0 aromatic heterocycles. The zero-order valence-corrected chi connectivity index (χ0v) is 12.0. The van der Waals surface area contributed by atoms with Crippen molar-refractivity contribution >= 4 is 0 Å². The number of hydrogen-bond donors (Lipinski definition) is 1. The molecule has 0 aliphatic heterocycles. The second-order valence-corrected chi connectivity index (χ2v) is 4.79. The van der Waals surface area contributed by atoms with Crippen LogP contribution in [0, 0.1) is 11.3 Å². The number of ether oxygens (including phenoxy) is 1. The van der Waals surface area contributed by atoms with Gasteiger partial charge in [-0.3, -0.25) is 0 Å². The molecule has 0 heterocycles. The van der Waals surface area contributed by atoms with Crippen molar-refractivity contribution in [2.45, 2.75) is 45.6 Å². The van der Waals surface area contributed by atoms with E-state index in [2.05, 4.69) is 25.2 Å². The molecule has 0 amide bonds. The number of rotatable bonds is 9. The van der Waals surface area contributed by atoms with Crippen molar-refractivity contribution in [3.63, 3.8) is 0 Å². The van der Waals surface area contributed by atoms with Crippen LogP contribution in [-0.4, -0.2) is 19.2 Å². The number of nitrogens with one attached hydrogen (secondary N) is 1. The molecule has 0 aliphatic rings. The molecule has 104 valence electrons. The molecule has 3 nitrogen and oxygen atoms in total. The van der Waals surface area contributed by atoms with Crippen LogP contribution >= 0.6 is 0 Å². The van der Waals surface area contributed by atoms with Crippen molar-refractivity contribution in [1.29, 1.82) is 5.26 Å². The van der Waals surface area contributed by atoms with E-state index < -0.39 is 0 Å². The van der Waals surface area contributed by atoms with Gasteiger partial charge in [0.25, 0.3) is 0 Å². The zero-order chi connectivity index (χ0) is 13.9. The minimum atomic E-state index is 0.615. The van der Waals surface area contributed by atoms with E-state index in [1.165, 1.54) is 19.3 Å². The van der Waals surface area contributed by atoms with Crippen molar-refractivity contribution in [3.8, 4) is 11.8 Å². The SMILES string of the molecule is CCNC(C)CCCCCOc1ccc(C#N)cc1. The van der Waals surface area contributed by atoms with Gasteiger partial charge in [0.05, 0.1) is 18.2 Å². The van der Waals surface area contributed by atoms with Crippen LogP contribution in [0.5, 0.6) is 5.75 Å². The molecule has 1 aromatic carbocycles. The molecule has 1 unspecified atom stereocenters. The van der Waals surface area contributed by atoms with E-state index in [-0.39, 0.29) is 0 Å². The summed E-state index contributed by atoms with van der Waals surface area (Å²) in [7, 11) is 0. The monoisotopic (exact) mass is 260 g/mol. The predicted molar refractivity (Wildman–Crippen MR) is 78.3 cm³/mol. The van der Waals surface area contributed by atoms with E-state index in [1.54, 1.807) is 12.1 Å². The lowest BCUT2D eigenvalue weighted by Gasteiger charge is -2.11. The summed E-state index contributed by atoms with van der Waals surface area (Å²) in [6.07, 6.45) is 4.75. The maximum absolute atomic E-state index is 8.69. The maximum Gasteiger partial charge on any atom is 0.119 e. The number of unbranched alkanes of at least 4 members (excludes halogenated alkanes) is 2. The maximum atomic E-state index is 8.69. The second kappa shape index (κ2) is 9.41. The lowest BCUT2D eigenvalue weighted by atomic mass is 10.1. The minimum absolute atomic E-state index is 0.615. The molecular weight excluding hydrogens is 236 g/mol. The van der Waals surface area contributed by atoms with Crippen molar-refractivity contribution in [1.82, 2.24) is 5.32 Å². The Bertz CT molecular complexity index is 381. The molecule has 0 fully saturated rings. The molecule has 1 aromatic rings. The van der Waals surface area contributed by atoms with Crippen LogP contribution < -0.4 is 10.1 Å². The van der Waals surface area contributed by atoms with Crippen molar-refractivity contribution in [2.75, 3.05) is 13.2 Å². The van der Waals surface area contributed by atoms with E-state index >= 15 is 0 Å². The summed E-state index contributed by atoms with van der Waals surface area (Å²) >= 11 is 0. The summed E-state index contributed by atoms with van der Waals surface area (Å²) in [5, 5.41) is 12.1. The number of nitrogens with zero attached hydrogens (tertiary/aromatic N) is 1. The zero-order valence-electron chi connectivity index (χ0n) is 12.0. The molecule has 0 spiro atoms.